The minimum absolute atomic E-state index is 0.234. The number of unbranched alkanes of at least 4 members (excludes halogenated alkanes) is 35. The second-order valence-electron chi connectivity index (χ2n) is 25.0. The lowest BCUT2D eigenvalue weighted by Gasteiger charge is -2.48. The van der Waals surface area contributed by atoms with E-state index >= 15 is 0 Å². The molecule has 0 radical (unpaired) electrons. The molecule has 0 spiro atoms. The lowest BCUT2D eigenvalue weighted by Crippen LogP contribution is -2.66. The number of ether oxygens (including phenoxy) is 6. The average molecular weight is 1230 g/mol. The quantitative estimate of drug-likeness (QED) is 0.0200. The molecule has 12 N–H and O–H groups in total. The first kappa shape index (κ1) is 78.5. The Morgan fingerprint density at radius 1 is 0.407 bits per heavy atom. The minimum Gasteiger partial charge on any atom is -0.394 e. The highest BCUT2D eigenvalue weighted by molar-refractivity contribution is 5.76. The Bertz CT molecular complexity index is 1660. The second kappa shape index (κ2) is 49.9. The minimum atomic E-state index is -1.98. The highest BCUT2D eigenvalue weighted by Gasteiger charge is 2.53. The fourth-order valence-electron chi connectivity index (χ4n) is 11.8. The topological polar surface area (TPSA) is 307 Å². The standard InChI is InChI=1S/C67H125NO18/c1-3-5-7-9-11-13-15-16-17-18-19-20-21-22-23-24-25-26-27-28-29-30-31-32-33-35-36-38-40-42-44-51(72)50(68-55(73)45-43-41-39-37-34-14-12-10-8-6-4-2)49-81-65-61(79)58(76)63(53(47-70)83-65)86-67-62(80)59(77)64(54(48-71)84-67)85-66-60(78)57(75)56(74)52(46-69)82-66/h10,12,42,44,50-54,56-67,69-72,74-80H,3-9,11,13-41,43,45-49H2,1-2H3,(H,68,73)/b12-10-,44-42+. The maximum atomic E-state index is 13.3. The molecule has 1 amide bonds. The molecule has 3 heterocycles. The second-order valence-corrected chi connectivity index (χ2v) is 25.0. The Hall–Kier alpha value is -1.73. The largest absolute Gasteiger partial charge is 0.394 e. The predicted molar refractivity (Wildman–Crippen MR) is 333 cm³/mol. The molecule has 0 aromatic rings. The fraction of sp³-hybridized carbons (Fsp3) is 0.925. The van der Waals surface area contributed by atoms with E-state index in [9.17, 15) is 61.0 Å². The van der Waals surface area contributed by atoms with Gasteiger partial charge in [0.1, 0.15) is 73.2 Å². The number of amides is 1. The highest BCUT2D eigenvalue weighted by Crippen LogP contribution is 2.33. The van der Waals surface area contributed by atoms with Gasteiger partial charge in [0.25, 0.3) is 0 Å². The van der Waals surface area contributed by atoms with Crippen molar-refractivity contribution in [2.75, 3.05) is 26.4 Å². The number of allylic oxidation sites excluding steroid dienone is 3. The molecule has 3 fully saturated rings. The number of rotatable bonds is 53. The zero-order valence-electron chi connectivity index (χ0n) is 53.3. The van der Waals surface area contributed by atoms with Crippen LogP contribution in [0, 0.1) is 0 Å². The van der Waals surface area contributed by atoms with Crippen molar-refractivity contribution in [3.63, 3.8) is 0 Å². The van der Waals surface area contributed by atoms with Gasteiger partial charge in [-0.25, -0.2) is 0 Å². The predicted octanol–water partition coefficient (Wildman–Crippen LogP) is 8.66. The van der Waals surface area contributed by atoms with E-state index in [0.717, 1.165) is 64.2 Å². The summed E-state index contributed by atoms with van der Waals surface area (Å²) in [4.78, 5) is 13.3. The summed E-state index contributed by atoms with van der Waals surface area (Å²) in [6, 6.07) is -0.975. The lowest BCUT2D eigenvalue weighted by atomic mass is 9.96. The van der Waals surface area contributed by atoms with Crippen LogP contribution in [0.25, 0.3) is 0 Å². The van der Waals surface area contributed by atoms with Crippen LogP contribution in [-0.4, -0.2) is 193 Å². The van der Waals surface area contributed by atoms with Crippen LogP contribution in [0.1, 0.15) is 264 Å². The maximum absolute atomic E-state index is 13.3. The number of hydrogen-bond acceptors (Lipinski definition) is 18. The van der Waals surface area contributed by atoms with Crippen LogP contribution in [-0.2, 0) is 33.2 Å². The van der Waals surface area contributed by atoms with Crippen molar-refractivity contribution < 1.29 is 89.4 Å². The van der Waals surface area contributed by atoms with Gasteiger partial charge in [-0.05, 0) is 38.5 Å². The molecule has 0 saturated carbocycles. The molecule has 3 rings (SSSR count). The first-order valence-electron chi connectivity index (χ1n) is 34.6. The number of aliphatic hydroxyl groups excluding tert-OH is 11. The number of carbonyl (C=O) groups is 1. The van der Waals surface area contributed by atoms with Gasteiger partial charge in [0.15, 0.2) is 18.9 Å². The maximum Gasteiger partial charge on any atom is 0.220 e. The van der Waals surface area contributed by atoms with Gasteiger partial charge in [0, 0.05) is 6.42 Å². The third-order valence-electron chi connectivity index (χ3n) is 17.5. The molecule has 3 aliphatic heterocycles. The van der Waals surface area contributed by atoms with Crippen LogP contribution in [0.4, 0.5) is 0 Å². The van der Waals surface area contributed by atoms with Crippen molar-refractivity contribution in [1.82, 2.24) is 5.32 Å². The molecule has 3 aliphatic rings. The first-order chi connectivity index (χ1) is 41.8. The van der Waals surface area contributed by atoms with Gasteiger partial charge < -0.3 is 89.9 Å². The Morgan fingerprint density at radius 2 is 0.744 bits per heavy atom. The van der Waals surface area contributed by atoms with Crippen LogP contribution in [0.2, 0.25) is 0 Å². The van der Waals surface area contributed by atoms with E-state index in [-0.39, 0.29) is 18.9 Å². The molecule has 17 unspecified atom stereocenters. The molecule has 17 atom stereocenters. The lowest BCUT2D eigenvalue weighted by molar-refractivity contribution is -0.379. The van der Waals surface area contributed by atoms with Crippen LogP contribution in [0.3, 0.4) is 0 Å². The summed E-state index contributed by atoms with van der Waals surface area (Å²) in [5.74, 6) is -0.285. The highest BCUT2D eigenvalue weighted by atomic mass is 16.8. The summed E-state index contributed by atoms with van der Waals surface area (Å²) in [5.41, 5.74) is 0. The van der Waals surface area contributed by atoms with Crippen LogP contribution >= 0.6 is 0 Å². The van der Waals surface area contributed by atoms with E-state index in [4.69, 9.17) is 28.4 Å². The van der Waals surface area contributed by atoms with Crippen molar-refractivity contribution in [1.29, 1.82) is 0 Å². The summed E-state index contributed by atoms with van der Waals surface area (Å²) in [6.07, 6.45) is 29.0. The van der Waals surface area contributed by atoms with Crippen molar-refractivity contribution in [2.24, 2.45) is 0 Å². The van der Waals surface area contributed by atoms with E-state index in [0.29, 0.717) is 6.42 Å². The fourth-order valence-corrected chi connectivity index (χ4v) is 11.8. The van der Waals surface area contributed by atoms with E-state index in [2.05, 4.69) is 31.3 Å². The van der Waals surface area contributed by atoms with E-state index in [1.54, 1.807) is 6.08 Å². The smallest absolute Gasteiger partial charge is 0.220 e. The normalized spacial score (nSPS) is 28.9. The number of carbonyl (C=O) groups excluding carboxylic acids is 1. The van der Waals surface area contributed by atoms with Crippen molar-refractivity contribution in [3.05, 3.63) is 24.3 Å². The molecule has 19 nitrogen and oxygen atoms in total. The molecule has 0 aliphatic carbocycles. The third kappa shape index (κ3) is 32.0. The van der Waals surface area contributed by atoms with Crippen LogP contribution in [0.15, 0.2) is 24.3 Å². The first-order valence-corrected chi connectivity index (χ1v) is 34.6. The van der Waals surface area contributed by atoms with Gasteiger partial charge in [0.2, 0.25) is 5.91 Å². The zero-order valence-corrected chi connectivity index (χ0v) is 53.3. The Labute approximate surface area is 518 Å². The van der Waals surface area contributed by atoms with E-state index in [1.165, 1.54) is 173 Å². The average Bonchev–Trinajstić information content (AvgIpc) is 2.48. The van der Waals surface area contributed by atoms with Crippen molar-refractivity contribution >= 4 is 5.91 Å². The summed E-state index contributed by atoms with van der Waals surface area (Å²) in [6.45, 7) is 1.70. The molecule has 3 saturated heterocycles. The zero-order chi connectivity index (χ0) is 62.6. The summed E-state index contributed by atoms with van der Waals surface area (Å²) >= 11 is 0. The van der Waals surface area contributed by atoms with Gasteiger partial charge in [-0.1, -0.05) is 244 Å². The molecular formula is C67H125NO18. The van der Waals surface area contributed by atoms with Gasteiger partial charge in [-0.3, -0.25) is 4.79 Å². The molecule has 0 aromatic carbocycles. The monoisotopic (exact) mass is 1230 g/mol. The third-order valence-corrected chi connectivity index (χ3v) is 17.5. The van der Waals surface area contributed by atoms with Gasteiger partial charge in [0.05, 0.1) is 38.6 Å². The summed E-state index contributed by atoms with van der Waals surface area (Å²) in [5, 5.41) is 120. The van der Waals surface area contributed by atoms with Gasteiger partial charge >= 0.3 is 0 Å². The molecule has 506 valence electrons. The molecule has 19 heteroatoms. The summed E-state index contributed by atoms with van der Waals surface area (Å²) < 4.78 is 34.3. The Kier molecular flexibility index (Phi) is 45.6. The van der Waals surface area contributed by atoms with Crippen LogP contribution < -0.4 is 5.32 Å². The van der Waals surface area contributed by atoms with Gasteiger partial charge in [-0.2, -0.15) is 0 Å². The van der Waals surface area contributed by atoms with E-state index < -0.39 is 124 Å². The Balaban J connectivity index is 1.38. The Morgan fingerprint density at radius 3 is 1.16 bits per heavy atom. The van der Waals surface area contributed by atoms with Crippen molar-refractivity contribution in [3.8, 4) is 0 Å². The number of hydrogen-bond donors (Lipinski definition) is 12. The van der Waals surface area contributed by atoms with E-state index in [1.807, 2.05) is 6.08 Å². The molecular weight excluding hydrogens is 1110 g/mol. The molecule has 0 bridgehead atoms. The SMILES string of the molecule is CCCC/C=C\CCCCCCCC(=O)NC(COC1OC(CO)C(OC2OC(CO)C(OC3OC(CO)C(O)C(O)C3O)C(O)C2O)C(O)C1O)C(O)/C=C/CCCCCCCCCCCCCCCCCCCCCCCCCCCCCC. The molecule has 0 aromatic heterocycles. The number of nitrogens with one attached hydrogen (secondary N) is 1. The molecule has 86 heavy (non-hydrogen) atoms. The van der Waals surface area contributed by atoms with Crippen LogP contribution in [0.5, 0.6) is 0 Å². The number of aliphatic hydroxyl groups is 11. The van der Waals surface area contributed by atoms with Crippen molar-refractivity contribution in [2.45, 2.75) is 369 Å². The van der Waals surface area contributed by atoms with Gasteiger partial charge in [-0.15, -0.1) is 0 Å². The summed E-state index contributed by atoms with van der Waals surface area (Å²) in [7, 11) is 0.